The highest BCUT2D eigenvalue weighted by Crippen LogP contribution is 2.38. The lowest BCUT2D eigenvalue weighted by Crippen LogP contribution is -2.34. The van der Waals surface area contributed by atoms with Crippen molar-refractivity contribution >= 4 is 27.7 Å². The molecular formula is C18H17ClO7S. The molecule has 0 aliphatic carbocycles. The molecule has 2 aromatic rings. The van der Waals surface area contributed by atoms with Gasteiger partial charge in [0.25, 0.3) is 10.1 Å². The largest absolute Gasteiger partial charge is 0.486 e. The first-order valence-electron chi connectivity index (χ1n) is 8.04. The maximum atomic E-state index is 12.3. The summed E-state index contributed by atoms with van der Waals surface area (Å²) < 4.78 is 40.9. The van der Waals surface area contributed by atoms with Crippen LogP contribution in [0.1, 0.15) is 11.1 Å². The Hall–Kier alpha value is -2.29. The molecule has 1 aliphatic rings. The van der Waals surface area contributed by atoms with Crippen LogP contribution in [0.3, 0.4) is 0 Å². The van der Waals surface area contributed by atoms with Crippen LogP contribution >= 0.6 is 11.6 Å². The predicted octanol–water partition coefficient (Wildman–Crippen LogP) is 2.82. The van der Waals surface area contributed by atoms with Crippen molar-refractivity contribution in [1.29, 1.82) is 0 Å². The molecule has 2 aromatic carbocycles. The number of halogens is 1. The summed E-state index contributed by atoms with van der Waals surface area (Å²) in [5.41, 5.74) is 1.27. The summed E-state index contributed by atoms with van der Waals surface area (Å²) in [4.78, 5) is 11.1. The maximum Gasteiger partial charge on any atom is 0.307 e. The topological polar surface area (TPSA) is 99.1 Å². The van der Waals surface area contributed by atoms with Crippen molar-refractivity contribution in [3.63, 3.8) is 0 Å². The van der Waals surface area contributed by atoms with Crippen molar-refractivity contribution in [3.8, 4) is 11.5 Å². The first kappa shape index (κ1) is 19.5. The van der Waals surface area contributed by atoms with E-state index in [4.69, 9.17) is 30.4 Å². The number of aryl methyl sites for hydroxylation is 1. The van der Waals surface area contributed by atoms with Crippen molar-refractivity contribution in [1.82, 2.24) is 0 Å². The van der Waals surface area contributed by atoms with Crippen molar-refractivity contribution < 1.29 is 32.0 Å². The van der Waals surface area contributed by atoms with E-state index in [1.165, 1.54) is 24.3 Å². The third kappa shape index (κ3) is 4.71. The fraction of sp³-hybridized carbons (Fsp3) is 0.278. The van der Waals surface area contributed by atoms with E-state index in [0.717, 1.165) is 5.56 Å². The van der Waals surface area contributed by atoms with Crippen LogP contribution in [0.4, 0.5) is 0 Å². The number of hydrogen-bond acceptors (Lipinski definition) is 6. The highest BCUT2D eigenvalue weighted by molar-refractivity contribution is 7.86. The van der Waals surface area contributed by atoms with E-state index in [1.807, 2.05) is 6.92 Å². The molecule has 7 nitrogen and oxygen atoms in total. The van der Waals surface area contributed by atoms with Gasteiger partial charge in [0, 0.05) is 16.7 Å². The van der Waals surface area contributed by atoms with Crippen LogP contribution in [0.2, 0.25) is 5.02 Å². The molecule has 0 bridgehead atoms. The molecular weight excluding hydrogens is 396 g/mol. The Morgan fingerprint density at radius 2 is 2.00 bits per heavy atom. The average Bonchev–Trinajstić information content (AvgIpc) is 2.60. The summed E-state index contributed by atoms with van der Waals surface area (Å²) >= 11 is 5.97. The molecule has 1 N–H and O–H groups in total. The number of fused-ring (bicyclic) bond motifs is 1. The molecule has 0 saturated heterocycles. The summed E-state index contributed by atoms with van der Waals surface area (Å²) in [7, 11) is -3.94. The zero-order valence-corrected chi connectivity index (χ0v) is 15.9. The molecule has 0 aromatic heterocycles. The SMILES string of the molecule is Cc1ccc(S(=O)(=O)OC[C@H]2COc3cc(Cl)cc(CC(=O)O)c3O2)cc1. The first-order chi connectivity index (χ1) is 12.7. The fourth-order valence-electron chi connectivity index (χ4n) is 2.56. The molecule has 0 fully saturated rings. The molecule has 1 atom stereocenters. The van der Waals surface area contributed by atoms with E-state index < -0.39 is 22.2 Å². The number of carboxylic acids is 1. The number of hydrogen-bond donors (Lipinski definition) is 1. The number of benzene rings is 2. The first-order valence-corrected chi connectivity index (χ1v) is 9.83. The summed E-state index contributed by atoms with van der Waals surface area (Å²) in [6.07, 6.45) is -1.02. The molecule has 0 unspecified atom stereocenters. The Morgan fingerprint density at radius 1 is 1.30 bits per heavy atom. The average molecular weight is 413 g/mol. The van der Waals surface area contributed by atoms with Gasteiger partial charge < -0.3 is 14.6 Å². The van der Waals surface area contributed by atoms with E-state index in [0.29, 0.717) is 16.3 Å². The lowest BCUT2D eigenvalue weighted by molar-refractivity contribution is -0.136. The van der Waals surface area contributed by atoms with Gasteiger partial charge in [-0.05, 0) is 25.1 Å². The third-order valence-corrected chi connectivity index (χ3v) is 5.38. The van der Waals surface area contributed by atoms with Crippen molar-refractivity contribution in [2.45, 2.75) is 24.3 Å². The number of aliphatic carboxylic acids is 1. The molecule has 1 aliphatic heterocycles. The number of rotatable bonds is 6. The van der Waals surface area contributed by atoms with Crippen molar-refractivity contribution in [2.24, 2.45) is 0 Å². The normalized spacial score (nSPS) is 16.1. The summed E-state index contributed by atoms with van der Waals surface area (Å²) in [5, 5.41) is 9.36. The Bertz CT molecular complexity index is 954. The Labute approximate surface area is 161 Å². The number of carboxylic acid groups (broad SMARTS) is 1. The molecule has 144 valence electrons. The van der Waals surface area contributed by atoms with E-state index >= 15 is 0 Å². The van der Waals surface area contributed by atoms with Gasteiger partial charge in [-0.3, -0.25) is 8.98 Å². The van der Waals surface area contributed by atoms with Gasteiger partial charge in [-0.2, -0.15) is 8.42 Å². The Morgan fingerprint density at radius 3 is 2.67 bits per heavy atom. The Balaban J connectivity index is 1.72. The predicted molar refractivity (Wildman–Crippen MR) is 97.0 cm³/mol. The van der Waals surface area contributed by atoms with Crippen LogP contribution in [-0.2, 0) is 25.5 Å². The third-order valence-electron chi connectivity index (χ3n) is 3.87. The Kier molecular flexibility index (Phi) is 5.59. The smallest absolute Gasteiger partial charge is 0.307 e. The summed E-state index contributed by atoms with van der Waals surface area (Å²) in [5.74, 6) is -0.505. The standard InChI is InChI=1S/C18H17ClO7S/c1-11-2-4-15(5-3-11)27(22,23)25-10-14-9-24-16-8-13(19)6-12(7-17(20)21)18(16)26-14/h2-6,8,14H,7,9-10H2,1H3,(H,20,21)/t14-/m1/s1. The lowest BCUT2D eigenvalue weighted by Gasteiger charge is -2.28. The second-order valence-electron chi connectivity index (χ2n) is 6.07. The van der Waals surface area contributed by atoms with Crippen LogP contribution < -0.4 is 9.47 Å². The van der Waals surface area contributed by atoms with Gasteiger partial charge >= 0.3 is 5.97 Å². The summed E-state index contributed by atoms with van der Waals surface area (Å²) in [6, 6.07) is 9.27. The highest BCUT2D eigenvalue weighted by Gasteiger charge is 2.27. The highest BCUT2D eigenvalue weighted by atomic mass is 35.5. The molecule has 0 radical (unpaired) electrons. The van der Waals surface area contributed by atoms with Crippen molar-refractivity contribution in [3.05, 3.63) is 52.5 Å². The van der Waals surface area contributed by atoms with Gasteiger partial charge in [0.15, 0.2) is 17.6 Å². The zero-order chi connectivity index (χ0) is 19.6. The van der Waals surface area contributed by atoms with Crippen LogP contribution in [0.5, 0.6) is 11.5 Å². The minimum Gasteiger partial charge on any atom is -0.486 e. The molecule has 0 saturated carbocycles. The van der Waals surface area contributed by atoms with E-state index in [9.17, 15) is 13.2 Å². The monoisotopic (exact) mass is 412 g/mol. The molecule has 1 heterocycles. The molecule has 27 heavy (non-hydrogen) atoms. The van der Waals surface area contributed by atoms with Crippen LogP contribution in [0.25, 0.3) is 0 Å². The molecule has 3 rings (SSSR count). The molecule has 9 heteroatoms. The van der Waals surface area contributed by atoms with Crippen LogP contribution in [0.15, 0.2) is 41.3 Å². The fourth-order valence-corrected chi connectivity index (χ4v) is 3.73. The van der Waals surface area contributed by atoms with Crippen LogP contribution in [-0.4, -0.2) is 38.8 Å². The second-order valence-corrected chi connectivity index (χ2v) is 8.12. The minimum absolute atomic E-state index is 0.0449. The maximum absolute atomic E-state index is 12.3. The quantitative estimate of drug-likeness (QED) is 0.728. The van der Waals surface area contributed by atoms with Crippen LogP contribution in [0, 0.1) is 6.92 Å². The van der Waals surface area contributed by atoms with Crippen molar-refractivity contribution in [2.75, 3.05) is 13.2 Å². The number of carbonyl (C=O) groups is 1. The van der Waals surface area contributed by atoms with Gasteiger partial charge in [-0.25, -0.2) is 0 Å². The van der Waals surface area contributed by atoms with Gasteiger partial charge in [0.2, 0.25) is 0 Å². The molecule has 0 amide bonds. The van der Waals surface area contributed by atoms with Gasteiger partial charge in [-0.15, -0.1) is 0 Å². The van der Waals surface area contributed by atoms with Gasteiger partial charge in [0.05, 0.1) is 11.3 Å². The lowest BCUT2D eigenvalue weighted by atomic mass is 10.1. The van der Waals surface area contributed by atoms with Gasteiger partial charge in [-0.1, -0.05) is 29.3 Å². The van der Waals surface area contributed by atoms with E-state index in [-0.39, 0.29) is 30.3 Å². The van der Waals surface area contributed by atoms with E-state index in [1.54, 1.807) is 12.1 Å². The summed E-state index contributed by atoms with van der Waals surface area (Å²) in [6.45, 7) is 1.62. The zero-order valence-electron chi connectivity index (χ0n) is 14.3. The number of ether oxygens (including phenoxy) is 2. The van der Waals surface area contributed by atoms with Gasteiger partial charge in [0.1, 0.15) is 13.2 Å². The second kappa shape index (κ2) is 7.75. The molecule has 0 spiro atoms. The minimum atomic E-state index is -3.94. The van der Waals surface area contributed by atoms with E-state index in [2.05, 4.69) is 0 Å².